The van der Waals surface area contributed by atoms with E-state index < -0.39 is 16.8 Å². The van der Waals surface area contributed by atoms with Crippen LogP contribution in [0.15, 0.2) is 72.4 Å². The van der Waals surface area contributed by atoms with Crippen LogP contribution in [0.5, 0.6) is 5.75 Å². The number of aliphatic carboxylic acids is 1. The number of carboxylic acids is 1. The first-order chi connectivity index (χ1) is 15.7. The van der Waals surface area contributed by atoms with Crippen LogP contribution >= 0.6 is 45.2 Å². The van der Waals surface area contributed by atoms with Crippen molar-refractivity contribution >= 4 is 68.8 Å². The molecule has 0 saturated heterocycles. The quantitative estimate of drug-likeness (QED) is 0.147. The summed E-state index contributed by atoms with van der Waals surface area (Å²) in [5.74, 6) is -1.17. The highest BCUT2D eigenvalue weighted by atomic mass is 127. The van der Waals surface area contributed by atoms with Crippen LogP contribution in [-0.2, 0) is 11.4 Å². The number of halogens is 2. The highest BCUT2D eigenvalue weighted by Crippen LogP contribution is 2.30. The SMILES string of the molecule is O=C(O)/C(=C\c1cc(I)c(OCc2ccc([N+](=O)[O-])cc2)c(I)c1)NC(=O)c1ccccc1. The summed E-state index contributed by atoms with van der Waals surface area (Å²) < 4.78 is 7.38. The number of hydrogen-bond donors (Lipinski definition) is 2. The van der Waals surface area contributed by atoms with Gasteiger partial charge in [0.05, 0.1) is 12.1 Å². The van der Waals surface area contributed by atoms with Crippen molar-refractivity contribution in [1.82, 2.24) is 5.32 Å². The van der Waals surface area contributed by atoms with Crippen molar-refractivity contribution in [3.8, 4) is 5.75 Å². The topological polar surface area (TPSA) is 119 Å². The van der Waals surface area contributed by atoms with Crippen LogP contribution in [0.1, 0.15) is 21.5 Å². The van der Waals surface area contributed by atoms with Crippen LogP contribution in [0.3, 0.4) is 0 Å². The Bertz CT molecular complexity index is 1200. The molecule has 0 bridgehead atoms. The van der Waals surface area contributed by atoms with Gasteiger partial charge >= 0.3 is 5.97 Å². The zero-order chi connectivity index (χ0) is 24.0. The molecule has 3 rings (SSSR count). The van der Waals surface area contributed by atoms with E-state index >= 15 is 0 Å². The number of rotatable bonds is 8. The molecule has 0 spiro atoms. The molecule has 3 aromatic carbocycles. The number of nitrogens with zero attached hydrogens (tertiary/aromatic N) is 1. The number of ether oxygens (including phenoxy) is 1. The van der Waals surface area contributed by atoms with Crippen LogP contribution in [0.2, 0.25) is 0 Å². The predicted molar refractivity (Wildman–Crippen MR) is 139 cm³/mol. The van der Waals surface area contributed by atoms with E-state index in [1.165, 1.54) is 18.2 Å². The van der Waals surface area contributed by atoms with Crippen molar-refractivity contribution in [3.63, 3.8) is 0 Å². The first-order valence-electron chi connectivity index (χ1n) is 9.41. The molecule has 1 amide bonds. The van der Waals surface area contributed by atoms with Gasteiger partial charge < -0.3 is 15.2 Å². The van der Waals surface area contributed by atoms with Crippen LogP contribution in [0.25, 0.3) is 6.08 Å². The van der Waals surface area contributed by atoms with E-state index in [-0.39, 0.29) is 18.0 Å². The maximum Gasteiger partial charge on any atom is 0.352 e. The first-order valence-corrected chi connectivity index (χ1v) is 11.6. The summed E-state index contributed by atoms with van der Waals surface area (Å²) in [6.45, 7) is 0.215. The van der Waals surface area contributed by atoms with E-state index in [2.05, 4.69) is 50.5 Å². The lowest BCUT2D eigenvalue weighted by molar-refractivity contribution is -0.384. The molecule has 10 heteroatoms. The van der Waals surface area contributed by atoms with Crippen molar-refractivity contribution in [2.75, 3.05) is 0 Å². The number of nitro benzene ring substituents is 1. The molecule has 0 unspecified atom stereocenters. The molecule has 168 valence electrons. The third-order valence-electron chi connectivity index (χ3n) is 4.38. The molecule has 0 aromatic heterocycles. The lowest BCUT2D eigenvalue weighted by Crippen LogP contribution is -2.27. The first kappa shape index (κ1) is 24.6. The Hall–Kier alpha value is -3.00. The Morgan fingerprint density at radius 3 is 2.18 bits per heavy atom. The summed E-state index contributed by atoms with van der Waals surface area (Å²) in [5.41, 5.74) is 1.46. The molecule has 0 heterocycles. The number of carbonyl (C=O) groups is 2. The number of hydrogen-bond acceptors (Lipinski definition) is 5. The van der Waals surface area contributed by atoms with Gasteiger partial charge in [-0.2, -0.15) is 0 Å². The van der Waals surface area contributed by atoms with E-state index in [0.29, 0.717) is 16.9 Å². The van der Waals surface area contributed by atoms with Crippen molar-refractivity contribution in [2.45, 2.75) is 6.61 Å². The molecule has 8 nitrogen and oxygen atoms in total. The molecular weight excluding hydrogens is 654 g/mol. The van der Waals surface area contributed by atoms with Gasteiger partial charge in [0.15, 0.2) is 0 Å². The molecule has 0 aliphatic heterocycles. The molecule has 33 heavy (non-hydrogen) atoms. The van der Waals surface area contributed by atoms with Crippen molar-refractivity contribution in [3.05, 3.63) is 106 Å². The van der Waals surface area contributed by atoms with E-state index in [1.807, 2.05) is 0 Å². The number of carboxylic acid groups (broad SMARTS) is 1. The van der Waals surface area contributed by atoms with Crippen LogP contribution in [-0.4, -0.2) is 21.9 Å². The maximum absolute atomic E-state index is 12.3. The second-order valence-corrected chi connectivity index (χ2v) is 9.03. The summed E-state index contributed by atoms with van der Waals surface area (Å²) in [5, 5.41) is 22.7. The average Bonchev–Trinajstić information content (AvgIpc) is 2.78. The monoisotopic (exact) mass is 670 g/mol. The van der Waals surface area contributed by atoms with E-state index in [9.17, 15) is 24.8 Å². The summed E-state index contributed by atoms with van der Waals surface area (Å²) in [6, 6.07) is 17.9. The fraction of sp³-hybridized carbons (Fsp3) is 0.0435. The second kappa shape index (κ2) is 11.2. The van der Waals surface area contributed by atoms with Crippen molar-refractivity contribution in [1.29, 1.82) is 0 Å². The second-order valence-electron chi connectivity index (χ2n) is 6.71. The van der Waals surface area contributed by atoms with E-state index in [4.69, 9.17) is 4.74 Å². The van der Waals surface area contributed by atoms with E-state index in [1.54, 1.807) is 54.6 Å². The van der Waals surface area contributed by atoms with Crippen molar-refractivity contribution in [2.24, 2.45) is 0 Å². The minimum absolute atomic E-state index is 0.00708. The summed E-state index contributed by atoms with van der Waals surface area (Å²) in [7, 11) is 0. The van der Waals surface area contributed by atoms with Gasteiger partial charge in [-0.25, -0.2) is 4.79 Å². The fourth-order valence-electron chi connectivity index (χ4n) is 2.77. The van der Waals surface area contributed by atoms with Gasteiger partial charge in [-0.1, -0.05) is 18.2 Å². The van der Waals surface area contributed by atoms with Gasteiger partial charge in [0, 0.05) is 17.7 Å². The van der Waals surface area contributed by atoms with Gasteiger partial charge in [0.2, 0.25) is 0 Å². The van der Waals surface area contributed by atoms with Gasteiger partial charge in [-0.3, -0.25) is 14.9 Å². The summed E-state index contributed by atoms with van der Waals surface area (Å²) >= 11 is 4.17. The largest absolute Gasteiger partial charge is 0.487 e. The Morgan fingerprint density at radius 1 is 1.03 bits per heavy atom. The predicted octanol–water partition coefficient (Wildman–Crippen LogP) is 5.24. The molecule has 0 aliphatic carbocycles. The standard InChI is InChI=1S/C23H16I2N2O6/c24-18-10-15(12-20(23(29)30)26-22(28)16-4-2-1-3-5-16)11-19(25)21(18)33-13-14-6-8-17(9-7-14)27(31)32/h1-12H,13H2,(H,26,28)(H,29,30)/b20-12+. The molecule has 3 aromatic rings. The number of benzene rings is 3. The van der Waals surface area contributed by atoms with Crippen LogP contribution in [0, 0.1) is 17.3 Å². The number of amides is 1. The zero-order valence-electron chi connectivity index (χ0n) is 16.8. The molecule has 0 radical (unpaired) electrons. The average molecular weight is 670 g/mol. The normalized spacial score (nSPS) is 11.0. The third kappa shape index (κ3) is 6.74. The molecular formula is C23H16I2N2O6. The van der Waals surface area contributed by atoms with Gasteiger partial charge in [0.1, 0.15) is 18.1 Å². The Balaban J connectivity index is 1.77. The Labute approximate surface area is 216 Å². The Morgan fingerprint density at radius 2 is 1.64 bits per heavy atom. The maximum atomic E-state index is 12.3. The zero-order valence-corrected chi connectivity index (χ0v) is 21.1. The number of carbonyl (C=O) groups excluding carboxylic acids is 1. The lowest BCUT2D eigenvalue weighted by atomic mass is 10.1. The minimum atomic E-state index is -1.26. The minimum Gasteiger partial charge on any atom is -0.487 e. The summed E-state index contributed by atoms with van der Waals surface area (Å²) in [4.78, 5) is 34.3. The smallest absolute Gasteiger partial charge is 0.352 e. The van der Waals surface area contributed by atoms with Gasteiger partial charge in [-0.15, -0.1) is 0 Å². The molecule has 2 N–H and O–H groups in total. The van der Waals surface area contributed by atoms with Crippen LogP contribution in [0.4, 0.5) is 5.69 Å². The van der Waals surface area contributed by atoms with Crippen molar-refractivity contribution < 1.29 is 24.4 Å². The highest BCUT2D eigenvalue weighted by molar-refractivity contribution is 14.1. The lowest BCUT2D eigenvalue weighted by Gasteiger charge is -2.12. The highest BCUT2D eigenvalue weighted by Gasteiger charge is 2.15. The molecule has 0 fully saturated rings. The number of nitrogens with one attached hydrogen (secondary N) is 1. The Kier molecular flexibility index (Phi) is 8.38. The molecule has 0 atom stereocenters. The summed E-state index contributed by atoms with van der Waals surface area (Å²) in [6.07, 6.45) is 1.38. The number of nitro groups is 1. The van der Waals surface area contributed by atoms with E-state index in [0.717, 1.165) is 12.7 Å². The molecule has 0 aliphatic rings. The fourth-order valence-corrected chi connectivity index (χ4v) is 4.90. The van der Waals surface area contributed by atoms with Crippen LogP contribution < -0.4 is 10.1 Å². The third-order valence-corrected chi connectivity index (χ3v) is 5.98. The van der Waals surface area contributed by atoms with Gasteiger partial charge in [-0.05, 0) is 98.8 Å². The molecule has 0 saturated carbocycles. The van der Waals surface area contributed by atoms with Gasteiger partial charge in [0.25, 0.3) is 11.6 Å². The number of non-ortho nitro benzene ring substituents is 1.